The summed E-state index contributed by atoms with van der Waals surface area (Å²) in [6, 6.07) is 14.0. The third-order valence-corrected chi connectivity index (χ3v) is 3.83. The van der Waals surface area contributed by atoms with Gasteiger partial charge in [-0.2, -0.15) is 0 Å². The molecule has 0 saturated carbocycles. The molecule has 3 heteroatoms. The first-order chi connectivity index (χ1) is 9.20. The lowest BCUT2D eigenvalue weighted by atomic mass is 10.0. The summed E-state index contributed by atoms with van der Waals surface area (Å²) in [6.07, 6.45) is 0.924. The fourth-order valence-electron chi connectivity index (χ4n) is 2.37. The van der Waals surface area contributed by atoms with Gasteiger partial charge in [-0.05, 0) is 30.7 Å². The highest BCUT2D eigenvalue weighted by Crippen LogP contribution is 2.32. The Bertz CT molecular complexity index is 774. The van der Waals surface area contributed by atoms with Crippen LogP contribution >= 0.6 is 15.9 Å². The zero-order valence-electron chi connectivity index (χ0n) is 10.4. The van der Waals surface area contributed by atoms with Crippen molar-refractivity contribution in [3.05, 3.63) is 58.1 Å². The van der Waals surface area contributed by atoms with Gasteiger partial charge in [0.2, 0.25) is 0 Å². The van der Waals surface area contributed by atoms with Crippen molar-refractivity contribution in [1.82, 2.24) is 4.98 Å². The molecule has 94 valence electrons. The van der Waals surface area contributed by atoms with Crippen LogP contribution in [0.1, 0.15) is 15.9 Å². The molecule has 0 saturated heterocycles. The smallest absolute Gasteiger partial charge is 0.152 e. The lowest BCUT2D eigenvalue weighted by molar-refractivity contribution is 0.112. The number of fused-ring (bicyclic) bond motifs is 1. The Labute approximate surface area is 119 Å². The highest BCUT2D eigenvalue weighted by molar-refractivity contribution is 9.10. The molecule has 0 radical (unpaired) electrons. The van der Waals surface area contributed by atoms with Crippen molar-refractivity contribution >= 4 is 33.1 Å². The molecule has 2 aromatic carbocycles. The molecular formula is C16H12BrNO. The van der Waals surface area contributed by atoms with E-state index in [1.807, 2.05) is 49.4 Å². The van der Waals surface area contributed by atoms with E-state index in [2.05, 4.69) is 20.9 Å². The van der Waals surface area contributed by atoms with Gasteiger partial charge in [-0.3, -0.25) is 4.79 Å². The first-order valence-electron chi connectivity index (χ1n) is 6.03. The second-order valence-corrected chi connectivity index (χ2v) is 5.45. The predicted molar refractivity (Wildman–Crippen MR) is 81.6 cm³/mol. The number of hydrogen-bond donors (Lipinski definition) is 1. The van der Waals surface area contributed by atoms with E-state index in [-0.39, 0.29) is 0 Å². The number of halogens is 1. The number of nitrogens with one attached hydrogen (secondary N) is 1. The molecule has 1 N–H and O–H groups in total. The number of aryl methyl sites for hydroxylation is 1. The Kier molecular flexibility index (Phi) is 2.99. The van der Waals surface area contributed by atoms with Gasteiger partial charge in [-0.25, -0.2) is 0 Å². The summed E-state index contributed by atoms with van der Waals surface area (Å²) in [6.45, 7) is 2.05. The average Bonchev–Trinajstić information content (AvgIpc) is 2.76. The topological polar surface area (TPSA) is 32.9 Å². The number of carbonyl (C=O) groups is 1. The molecule has 1 heterocycles. The maximum absolute atomic E-state index is 11.5. The lowest BCUT2D eigenvalue weighted by Gasteiger charge is -2.03. The predicted octanol–water partition coefficient (Wildman–Crippen LogP) is 4.72. The number of hydrogen-bond acceptors (Lipinski definition) is 1. The van der Waals surface area contributed by atoms with Crippen molar-refractivity contribution in [2.75, 3.05) is 0 Å². The van der Waals surface area contributed by atoms with Crippen LogP contribution in [0.2, 0.25) is 0 Å². The van der Waals surface area contributed by atoms with Crippen LogP contribution in [-0.2, 0) is 0 Å². The summed E-state index contributed by atoms with van der Waals surface area (Å²) in [7, 11) is 0. The molecule has 0 aliphatic heterocycles. The zero-order valence-corrected chi connectivity index (χ0v) is 12.0. The molecule has 3 aromatic rings. The second-order valence-electron chi connectivity index (χ2n) is 4.54. The lowest BCUT2D eigenvalue weighted by Crippen LogP contribution is -1.87. The van der Waals surface area contributed by atoms with Crippen molar-refractivity contribution in [3.8, 4) is 11.3 Å². The number of aldehydes is 1. The summed E-state index contributed by atoms with van der Waals surface area (Å²) >= 11 is 3.45. The number of aromatic amines is 1. The highest BCUT2D eigenvalue weighted by atomic mass is 79.9. The van der Waals surface area contributed by atoms with Crippen LogP contribution in [0.3, 0.4) is 0 Å². The van der Waals surface area contributed by atoms with Gasteiger partial charge in [0.15, 0.2) is 6.29 Å². The van der Waals surface area contributed by atoms with Gasteiger partial charge in [-0.15, -0.1) is 0 Å². The summed E-state index contributed by atoms with van der Waals surface area (Å²) in [5, 5.41) is 0.947. The number of H-pyrrole nitrogens is 1. The third kappa shape index (κ3) is 2.00. The standard InChI is InChI=1S/C16H12BrNO/c1-10-4-2-3-5-12(10)16-14(9-19)13-8-11(17)6-7-15(13)18-16/h2-9,18H,1H3. The van der Waals surface area contributed by atoms with Gasteiger partial charge in [0, 0.05) is 26.5 Å². The summed E-state index contributed by atoms with van der Waals surface area (Å²) < 4.78 is 0.971. The molecule has 0 unspecified atom stereocenters. The van der Waals surface area contributed by atoms with Crippen molar-refractivity contribution < 1.29 is 4.79 Å². The molecule has 3 rings (SSSR count). The van der Waals surface area contributed by atoms with Gasteiger partial charge < -0.3 is 4.98 Å². The van der Waals surface area contributed by atoms with Crippen molar-refractivity contribution in [1.29, 1.82) is 0 Å². The first-order valence-corrected chi connectivity index (χ1v) is 6.82. The number of aromatic nitrogens is 1. The first kappa shape index (κ1) is 12.2. The molecular weight excluding hydrogens is 302 g/mol. The van der Waals surface area contributed by atoms with E-state index in [1.54, 1.807) is 0 Å². The van der Waals surface area contributed by atoms with Crippen molar-refractivity contribution in [2.45, 2.75) is 6.92 Å². The Morgan fingerprint density at radius 3 is 2.68 bits per heavy atom. The molecule has 0 spiro atoms. The Hall–Kier alpha value is -1.87. The molecule has 0 amide bonds. The van der Waals surface area contributed by atoms with Gasteiger partial charge in [0.25, 0.3) is 0 Å². The van der Waals surface area contributed by atoms with Crippen molar-refractivity contribution in [2.24, 2.45) is 0 Å². The van der Waals surface area contributed by atoms with Crippen LogP contribution in [0.5, 0.6) is 0 Å². The van der Waals surface area contributed by atoms with Gasteiger partial charge >= 0.3 is 0 Å². The van der Waals surface area contributed by atoms with Gasteiger partial charge in [0.05, 0.1) is 5.69 Å². The summed E-state index contributed by atoms with van der Waals surface area (Å²) in [5.74, 6) is 0. The SMILES string of the molecule is Cc1ccccc1-c1[nH]c2ccc(Br)cc2c1C=O. The second kappa shape index (κ2) is 4.67. The van der Waals surface area contributed by atoms with E-state index < -0.39 is 0 Å². The fraction of sp³-hybridized carbons (Fsp3) is 0.0625. The fourth-order valence-corrected chi connectivity index (χ4v) is 2.73. The molecule has 0 atom stereocenters. The quantitative estimate of drug-likeness (QED) is 0.682. The van der Waals surface area contributed by atoms with Crippen LogP contribution in [0.15, 0.2) is 46.9 Å². The van der Waals surface area contributed by atoms with Crippen LogP contribution in [0, 0.1) is 6.92 Å². The van der Waals surface area contributed by atoms with E-state index in [4.69, 9.17) is 0 Å². The summed E-state index contributed by atoms with van der Waals surface area (Å²) in [5.41, 5.74) is 4.79. The normalized spacial score (nSPS) is 10.8. The minimum Gasteiger partial charge on any atom is -0.354 e. The summed E-state index contributed by atoms with van der Waals surface area (Å²) in [4.78, 5) is 14.8. The van der Waals surface area contributed by atoms with E-state index in [0.717, 1.165) is 38.5 Å². The maximum Gasteiger partial charge on any atom is 0.152 e. The van der Waals surface area contributed by atoms with Crippen molar-refractivity contribution in [3.63, 3.8) is 0 Å². The third-order valence-electron chi connectivity index (χ3n) is 3.33. The van der Waals surface area contributed by atoms with Crippen LogP contribution < -0.4 is 0 Å². The number of rotatable bonds is 2. The number of benzene rings is 2. The number of carbonyl (C=O) groups excluding carboxylic acids is 1. The monoisotopic (exact) mass is 313 g/mol. The molecule has 0 bridgehead atoms. The molecule has 0 aliphatic rings. The highest BCUT2D eigenvalue weighted by Gasteiger charge is 2.13. The molecule has 1 aromatic heterocycles. The van der Waals surface area contributed by atoms with Crippen LogP contribution in [0.25, 0.3) is 22.2 Å². The molecule has 19 heavy (non-hydrogen) atoms. The van der Waals surface area contributed by atoms with Gasteiger partial charge in [-0.1, -0.05) is 40.2 Å². The van der Waals surface area contributed by atoms with E-state index >= 15 is 0 Å². The Morgan fingerprint density at radius 1 is 1.16 bits per heavy atom. The van der Waals surface area contributed by atoms with Crippen LogP contribution in [0.4, 0.5) is 0 Å². The largest absolute Gasteiger partial charge is 0.354 e. The Balaban J connectivity index is 2.36. The maximum atomic E-state index is 11.5. The zero-order chi connectivity index (χ0) is 13.4. The van der Waals surface area contributed by atoms with E-state index in [0.29, 0.717) is 5.56 Å². The molecule has 2 nitrogen and oxygen atoms in total. The molecule has 0 aliphatic carbocycles. The Morgan fingerprint density at radius 2 is 1.95 bits per heavy atom. The molecule has 0 fully saturated rings. The van der Waals surface area contributed by atoms with E-state index in [9.17, 15) is 4.79 Å². The van der Waals surface area contributed by atoms with Crippen LogP contribution in [-0.4, -0.2) is 11.3 Å². The minimum absolute atomic E-state index is 0.714. The van der Waals surface area contributed by atoms with E-state index in [1.165, 1.54) is 0 Å². The average molecular weight is 314 g/mol. The minimum atomic E-state index is 0.714. The van der Waals surface area contributed by atoms with Gasteiger partial charge in [0.1, 0.15) is 0 Å².